The van der Waals surface area contributed by atoms with Crippen LogP contribution in [0.3, 0.4) is 0 Å². The largest absolute Gasteiger partial charge is 0.490 e. The van der Waals surface area contributed by atoms with Crippen molar-refractivity contribution in [1.29, 1.82) is 0 Å². The first-order chi connectivity index (χ1) is 9.74. The van der Waals surface area contributed by atoms with Gasteiger partial charge in [0.2, 0.25) is 0 Å². The van der Waals surface area contributed by atoms with Crippen molar-refractivity contribution >= 4 is 0 Å². The third kappa shape index (κ3) is 2.77. The van der Waals surface area contributed by atoms with Gasteiger partial charge in [0.25, 0.3) is 0 Å². The molecule has 2 nitrogen and oxygen atoms in total. The standard InChI is InChI=1S/C17H17FO2/c1-2-12-4-3-5-15(8-12)19-11-16-10-13-9-14(18)6-7-17(13)20-16/h3-9,16H,2,10-11H2,1H3. The van der Waals surface area contributed by atoms with Crippen LogP contribution < -0.4 is 9.47 Å². The molecule has 0 aromatic heterocycles. The highest BCUT2D eigenvalue weighted by Gasteiger charge is 2.23. The van der Waals surface area contributed by atoms with Crippen molar-refractivity contribution in [3.05, 3.63) is 59.4 Å². The molecule has 104 valence electrons. The van der Waals surface area contributed by atoms with E-state index in [2.05, 4.69) is 13.0 Å². The summed E-state index contributed by atoms with van der Waals surface area (Å²) < 4.78 is 24.7. The monoisotopic (exact) mass is 272 g/mol. The fourth-order valence-electron chi connectivity index (χ4n) is 2.43. The summed E-state index contributed by atoms with van der Waals surface area (Å²) in [4.78, 5) is 0. The molecule has 1 aliphatic rings. The van der Waals surface area contributed by atoms with Gasteiger partial charge in [-0.15, -0.1) is 0 Å². The van der Waals surface area contributed by atoms with Crippen LogP contribution in [0.25, 0.3) is 0 Å². The van der Waals surface area contributed by atoms with Crippen molar-refractivity contribution < 1.29 is 13.9 Å². The molecule has 0 N–H and O–H groups in total. The van der Waals surface area contributed by atoms with Gasteiger partial charge < -0.3 is 9.47 Å². The second-order valence-corrected chi connectivity index (χ2v) is 5.01. The van der Waals surface area contributed by atoms with E-state index < -0.39 is 0 Å². The maximum atomic E-state index is 13.1. The molecule has 1 unspecified atom stereocenters. The minimum Gasteiger partial charge on any atom is -0.490 e. The van der Waals surface area contributed by atoms with Crippen molar-refractivity contribution in [3.8, 4) is 11.5 Å². The Hall–Kier alpha value is -2.03. The maximum absolute atomic E-state index is 13.1. The minimum absolute atomic E-state index is 0.0444. The van der Waals surface area contributed by atoms with Crippen molar-refractivity contribution in [2.75, 3.05) is 6.61 Å². The van der Waals surface area contributed by atoms with E-state index in [1.54, 1.807) is 6.07 Å². The number of benzene rings is 2. The zero-order valence-corrected chi connectivity index (χ0v) is 11.4. The predicted molar refractivity (Wildman–Crippen MR) is 75.8 cm³/mol. The van der Waals surface area contributed by atoms with Crippen LogP contribution >= 0.6 is 0 Å². The lowest BCUT2D eigenvalue weighted by molar-refractivity contribution is 0.148. The third-order valence-corrected chi connectivity index (χ3v) is 3.51. The number of aryl methyl sites for hydroxylation is 1. The number of fused-ring (bicyclic) bond motifs is 1. The predicted octanol–water partition coefficient (Wildman–Crippen LogP) is 3.77. The molecule has 0 spiro atoms. The van der Waals surface area contributed by atoms with E-state index in [1.165, 1.54) is 17.7 Å². The molecule has 2 aromatic carbocycles. The number of ether oxygens (including phenoxy) is 2. The van der Waals surface area contributed by atoms with E-state index in [0.29, 0.717) is 13.0 Å². The van der Waals surface area contributed by atoms with Crippen LogP contribution in [-0.2, 0) is 12.8 Å². The second kappa shape index (κ2) is 5.53. The van der Waals surface area contributed by atoms with Crippen LogP contribution in [0.5, 0.6) is 11.5 Å². The van der Waals surface area contributed by atoms with Gasteiger partial charge in [-0.2, -0.15) is 0 Å². The highest BCUT2D eigenvalue weighted by atomic mass is 19.1. The Morgan fingerprint density at radius 3 is 3.00 bits per heavy atom. The molecule has 3 rings (SSSR count). The normalized spacial score (nSPS) is 16.6. The Bertz CT molecular complexity index is 610. The molecule has 0 amide bonds. The molecule has 0 aliphatic carbocycles. The van der Waals surface area contributed by atoms with Gasteiger partial charge in [-0.1, -0.05) is 19.1 Å². The molecule has 0 radical (unpaired) electrons. The average Bonchev–Trinajstić information content (AvgIpc) is 2.87. The van der Waals surface area contributed by atoms with Crippen molar-refractivity contribution in [2.45, 2.75) is 25.9 Å². The maximum Gasteiger partial charge on any atom is 0.137 e. The summed E-state index contributed by atoms with van der Waals surface area (Å²) in [7, 11) is 0. The van der Waals surface area contributed by atoms with Crippen LogP contribution in [0.2, 0.25) is 0 Å². The summed E-state index contributed by atoms with van der Waals surface area (Å²) >= 11 is 0. The van der Waals surface area contributed by atoms with Gasteiger partial charge in [0.1, 0.15) is 30.0 Å². The van der Waals surface area contributed by atoms with Crippen LogP contribution in [0.15, 0.2) is 42.5 Å². The topological polar surface area (TPSA) is 18.5 Å². The van der Waals surface area contributed by atoms with Crippen LogP contribution in [-0.4, -0.2) is 12.7 Å². The van der Waals surface area contributed by atoms with E-state index in [0.717, 1.165) is 23.5 Å². The fraction of sp³-hybridized carbons (Fsp3) is 0.294. The van der Waals surface area contributed by atoms with Gasteiger partial charge in [0, 0.05) is 12.0 Å². The molecular weight excluding hydrogens is 255 g/mol. The summed E-state index contributed by atoms with van der Waals surface area (Å²) in [6.45, 7) is 2.59. The number of hydrogen-bond donors (Lipinski definition) is 0. The molecule has 2 aromatic rings. The number of halogens is 1. The Kier molecular flexibility index (Phi) is 3.59. The van der Waals surface area contributed by atoms with Crippen LogP contribution in [0, 0.1) is 5.82 Å². The van der Waals surface area contributed by atoms with E-state index in [-0.39, 0.29) is 11.9 Å². The number of rotatable bonds is 4. The van der Waals surface area contributed by atoms with E-state index in [4.69, 9.17) is 9.47 Å². The molecule has 0 bridgehead atoms. The fourth-order valence-corrected chi connectivity index (χ4v) is 2.43. The Morgan fingerprint density at radius 1 is 1.25 bits per heavy atom. The van der Waals surface area contributed by atoms with E-state index in [1.807, 2.05) is 18.2 Å². The van der Waals surface area contributed by atoms with Crippen LogP contribution in [0.4, 0.5) is 4.39 Å². The first-order valence-electron chi connectivity index (χ1n) is 6.91. The molecular formula is C17H17FO2. The molecule has 1 heterocycles. The lowest BCUT2D eigenvalue weighted by Gasteiger charge is -2.13. The smallest absolute Gasteiger partial charge is 0.137 e. The van der Waals surface area contributed by atoms with E-state index >= 15 is 0 Å². The lowest BCUT2D eigenvalue weighted by Crippen LogP contribution is -2.22. The molecule has 0 saturated heterocycles. The van der Waals surface area contributed by atoms with Gasteiger partial charge >= 0.3 is 0 Å². The Morgan fingerprint density at radius 2 is 2.15 bits per heavy atom. The molecule has 3 heteroatoms. The summed E-state index contributed by atoms with van der Waals surface area (Å²) in [5.41, 5.74) is 2.17. The number of hydrogen-bond acceptors (Lipinski definition) is 2. The minimum atomic E-state index is -0.218. The first-order valence-corrected chi connectivity index (χ1v) is 6.91. The summed E-state index contributed by atoms with van der Waals surface area (Å²) in [6.07, 6.45) is 1.64. The molecule has 0 fully saturated rings. The van der Waals surface area contributed by atoms with Gasteiger partial charge in [0.05, 0.1) is 0 Å². The molecule has 20 heavy (non-hydrogen) atoms. The van der Waals surface area contributed by atoms with Gasteiger partial charge in [0.15, 0.2) is 0 Å². The molecule has 1 atom stereocenters. The van der Waals surface area contributed by atoms with Crippen molar-refractivity contribution in [3.63, 3.8) is 0 Å². The quantitative estimate of drug-likeness (QED) is 0.843. The van der Waals surface area contributed by atoms with Gasteiger partial charge in [-0.3, -0.25) is 0 Å². The van der Waals surface area contributed by atoms with Crippen LogP contribution in [0.1, 0.15) is 18.1 Å². The van der Waals surface area contributed by atoms with Gasteiger partial charge in [-0.25, -0.2) is 4.39 Å². The SMILES string of the molecule is CCc1cccc(OCC2Cc3cc(F)ccc3O2)c1. The summed E-state index contributed by atoms with van der Waals surface area (Å²) in [6, 6.07) is 12.7. The average molecular weight is 272 g/mol. The van der Waals surface area contributed by atoms with Crippen molar-refractivity contribution in [2.24, 2.45) is 0 Å². The second-order valence-electron chi connectivity index (χ2n) is 5.01. The highest BCUT2D eigenvalue weighted by molar-refractivity contribution is 5.38. The zero-order chi connectivity index (χ0) is 13.9. The Labute approximate surface area is 118 Å². The van der Waals surface area contributed by atoms with E-state index in [9.17, 15) is 4.39 Å². The summed E-state index contributed by atoms with van der Waals surface area (Å²) in [5, 5.41) is 0. The molecule has 1 aliphatic heterocycles. The third-order valence-electron chi connectivity index (χ3n) is 3.51. The highest BCUT2D eigenvalue weighted by Crippen LogP contribution is 2.29. The van der Waals surface area contributed by atoms with Crippen molar-refractivity contribution in [1.82, 2.24) is 0 Å². The first kappa shape index (κ1) is 13.0. The zero-order valence-electron chi connectivity index (χ0n) is 11.4. The lowest BCUT2D eigenvalue weighted by atomic mass is 10.1. The molecule has 0 saturated carbocycles. The van der Waals surface area contributed by atoms with Gasteiger partial charge in [-0.05, 0) is 42.3 Å². The summed E-state index contributed by atoms with van der Waals surface area (Å²) in [5.74, 6) is 1.40. The Balaban J connectivity index is 1.60.